The Morgan fingerprint density at radius 2 is 0.955 bits per heavy atom. The predicted octanol–water partition coefficient (Wildman–Crippen LogP) is 2.72. The molecular weight excluding hydrogens is 558 g/mol. The van der Waals surface area contributed by atoms with Gasteiger partial charge in [0.25, 0.3) is 0 Å². The molecule has 0 aromatic carbocycles. The van der Waals surface area contributed by atoms with Crippen LogP contribution in [0, 0.1) is 64.6 Å². The number of aliphatic hydroxyl groups is 6. The number of hydrogen-bond donors (Lipinski definition) is 9. The predicted molar refractivity (Wildman–Crippen MR) is 179 cm³/mol. The normalized spacial score (nSPS) is 38.2. The van der Waals surface area contributed by atoms with E-state index in [2.05, 4.69) is 0 Å². The number of fused-ring (bicyclic) bond motifs is 6. The van der Waals surface area contributed by atoms with Crippen LogP contribution in [0.25, 0.3) is 0 Å². The first-order valence-electron chi connectivity index (χ1n) is 18.0. The van der Waals surface area contributed by atoms with Crippen LogP contribution in [-0.4, -0.2) is 89.9 Å². The summed E-state index contributed by atoms with van der Waals surface area (Å²) in [6, 6.07) is 0. The molecule has 0 radical (unpaired) electrons. The highest BCUT2D eigenvalue weighted by molar-refractivity contribution is 5.00. The monoisotopic (exact) mass is 632 g/mol. The van der Waals surface area contributed by atoms with Gasteiger partial charge in [0.2, 0.25) is 0 Å². The van der Waals surface area contributed by atoms with Crippen LogP contribution in [0.15, 0.2) is 0 Å². The van der Waals surface area contributed by atoms with E-state index in [9.17, 15) is 10.2 Å². The summed E-state index contributed by atoms with van der Waals surface area (Å²) in [7, 11) is 0. The summed E-state index contributed by atoms with van der Waals surface area (Å²) in [6.07, 6.45) is 14.6. The van der Waals surface area contributed by atoms with Crippen molar-refractivity contribution in [2.75, 3.05) is 59.3 Å². The van der Waals surface area contributed by atoms with E-state index in [1.165, 1.54) is 57.8 Å². The second-order valence-electron chi connectivity index (χ2n) is 14.2. The van der Waals surface area contributed by atoms with Crippen LogP contribution in [0.4, 0.5) is 0 Å². The molecule has 44 heavy (non-hydrogen) atoms. The van der Waals surface area contributed by atoms with Gasteiger partial charge in [-0.1, -0.05) is 27.2 Å². The maximum absolute atomic E-state index is 9.36. The van der Waals surface area contributed by atoms with Gasteiger partial charge in [0.15, 0.2) is 0 Å². The zero-order valence-electron chi connectivity index (χ0n) is 28.5. The molecule has 6 fully saturated rings. The summed E-state index contributed by atoms with van der Waals surface area (Å²) in [5, 5.41) is 54.5. The van der Waals surface area contributed by atoms with Gasteiger partial charge in [-0.15, -0.1) is 0 Å². The van der Waals surface area contributed by atoms with E-state index in [0.29, 0.717) is 42.8 Å². The topological polar surface area (TPSA) is 199 Å². The summed E-state index contributed by atoms with van der Waals surface area (Å²) in [5.74, 6) is 6.57. The smallest absolute Gasteiger partial charge is 0.0491 e. The first-order valence-corrected chi connectivity index (χ1v) is 18.0. The molecule has 6 rings (SSSR count). The number of hydrogen-bond acceptors (Lipinski definition) is 9. The second-order valence-corrected chi connectivity index (χ2v) is 14.2. The molecule has 0 heterocycles. The molecule has 0 saturated heterocycles. The van der Waals surface area contributed by atoms with Crippen molar-refractivity contribution in [3.63, 3.8) is 0 Å². The molecule has 264 valence electrons. The van der Waals surface area contributed by atoms with Crippen molar-refractivity contribution in [3.05, 3.63) is 0 Å². The fourth-order valence-corrected chi connectivity index (χ4v) is 9.87. The first-order chi connectivity index (χ1) is 21.3. The maximum atomic E-state index is 9.36. The average Bonchev–Trinajstić information content (AvgIpc) is 3.88. The highest BCUT2D eigenvalue weighted by atomic mass is 16.3. The third-order valence-electron chi connectivity index (χ3n) is 11.7. The Hall–Kier alpha value is -0.360. The van der Waals surface area contributed by atoms with E-state index in [1.54, 1.807) is 0 Å². The SMILES string of the molecule is CCN.CCN.CCN.OCC1C2CCC(C2)C1CO.OCCC1(CO)CC2CCC1C2.OCCC1C2CCC(C2)C1CO. The fraction of sp³-hybridized carbons (Fsp3) is 1.00. The lowest BCUT2D eigenvalue weighted by atomic mass is 9.71. The Labute approximate surface area is 269 Å². The van der Waals surface area contributed by atoms with Gasteiger partial charge in [0.05, 0.1) is 0 Å². The van der Waals surface area contributed by atoms with Crippen molar-refractivity contribution in [2.45, 2.75) is 97.8 Å². The minimum Gasteiger partial charge on any atom is -0.396 e. The van der Waals surface area contributed by atoms with E-state index in [4.69, 9.17) is 37.6 Å². The van der Waals surface area contributed by atoms with Crippen molar-refractivity contribution in [3.8, 4) is 0 Å². The Balaban J connectivity index is 0.000000291. The van der Waals surface area contributed by atoms with Crippen LogP contribution in [0.5, 0.6) is 0 Å². The molecule has 12 N–H and O–H groups in total. The third kappa shape index (κ3) is 11.4. The summed E-state index contributed by atoms with van der Waals surface area (Å²) in [5.41, 5.74) is 14.7. The average molecular weight is 632 g/mol. The standard InChI is InChI=1S/2C10H18O2.C9H16O2.3C2H7N/c11-4-3-10(7-12)6-8-1-2-9(10)5-8;11-4-3-9-7-1-2-8(5-7)10(9)6-12;10-4-8-6-1-2-7(3-6)9(8)5-11;3*1-2-3/h8-9,11-12H,1-7H2;7-12H,1-6H2;6-11H,1-5H2;3*2-3H2,1H3. The van der Waals surface area contributed by atoms with Crippen molar-refractivity contribution in [1.29, 1.82) is 0 Å². The molecule has 11 unspecified atom stereocenters. The zero-order valence-corrected chi connectivity index (χ0v) is 28.5. The molecule has 9 heteroatoms. The van der Waals surface area contributed by atoms with Crippen LogP contribution >= 0.6 is 0 Å². The lowest BCUT2D eigenvalue weighted by Crippen LogP contribution is -2.32. The van der Waals surface area contributed by atoms with Crippen LogP contribution in [0.1, 0.15) is 97.8 Å². The molecule has 11 atom stereocenters. The van der Waals surface area contributed by atoms with Gasteiger partial charge in [-0.2, -0.15) is 0 Å². The largest absolute Gasteiger partial charge is 0.396 e. The fourth-order valence-electron chi connectivity index (χ4n) is 9.87. The highest BCUT2D eigenvalue weighted by Crippen LogP contribution is 2.57. The molecule has 0 aromatic heterocycles. The summed E-state index contributed by atoms with van der Waals surface area (Å²) >= 11 is 0. The van der Waals surface area contributed by atoms with Gasteiger partial charge >= 0.3 is 0 Å². The molecular formula is C35H73N3O6. The molecule has 0 aromatic rings. The Morgan fingerprint density at radius 1 is 0.545 bits per heavy atom. The Kier molecular flexibility index (Phi) is 21.8. The minimum atomic E-state index is 0.109. The van der Waals surface area contributed by atoms with Gasteiger partial charge in [-0.3, -0.25) is 0 Å². The number of aliphatic hydroxyl groups excluding tert-OH is 6. The van der Waals surface area contributed by atoms with Gasteiger partial charge in [-0.25, -0.2) is 0 Å². The van der Waals surface area contributed by atoms with E-state index in [-0.39, 0.29) is 31.8 Å². The molecule has 6 saturated carbocycles. The van der Waals surface area contributed by atoms with Gasteiger partial charge in [0.1, 0.15) is 0 Å². The van der Waals surface area contributed by atoms with Crippen LogP contribution in [-0.2, 0) is 0 Å². The quantitative estimate of drug-likeness (QED) is 0.193. The molecule has 6 aliphatic rings. The van der Waals surface area contributed by atoms with Gasteiger partial charge in [-0.05, 0) is 155 Å². The van der Waals surface area contributed by atoms with E-state index in [1.807, 2.05) is 20.8 Å². The lowest BCUT2D eigenvalue weighted by molar-refractivity contribution is 0.0390. The molecule has 6 bridgehead atoms. The van der Waals surface area contributed by atoms with Crippen molar-refractivity contribution in [2.24, 2.45) is 81.8 Å². The van der Waals surface area contributed by atoms with Crippen LogP contribution in [0.3, 0.4) is 0 Å². The molecule has 0 spiro atoms. The van der Waals surface area contributed by atoms with E-state index in [0.717, 1.165) is 68.5 Å². The van der Waals surface area contributed by atoms with Crippen LogP contribution < -0.4 is 17.2 Å². The highest BCUT2D eigenvalue weighted by Gasteiger charge is 2.50. The Bertz CT molecular complexity index is 685. The molecule has 0 amide bonds. The number of rotatable bonds is 8. The van der Waals surface area contributed by atoms with Crippen molar-refractivity contribution in [1.82, 2.24) is 0 Å². The van der Waals surface area contributed by atoms with Crippen LogP contribution in [0.2, 0.25) is 0 Å². The van der Waals surface area contributed by atoms with Crippen molar-refractivity contribution < 1.29 is 30.6 Å². The second kappa shape index (κ2) is 23.0. The lowest BCUT2D eigenvalue weighted by Gasteiger charge is -2.35. The first kappa shape index (κ1) is 41.7. The summed E-state index contributed by atoms with van der Waals surface area (Å²) in [6.45, 7) is 9.69. The maximum Gasteiger partial charge on any atom is 0.0491 e. The zero-order chi connectivity index (χ0) is 33.1. The molecule has 9 nitrogen and oxygen atoms in total. The third-order valence-corrected chi connectivity index (χ3v) is 11.7. The van der Waals surface area contributed by atoms with E-state index < -0.39 is 0 Å². The van der Waals surface area contributed by atoms with E-state index >= 15 is 0 Å². The minimum absolute atomic E-state index is 0.109. The van der Waals surface area contributed by atoms with Gasteiger partial charge < -0.3 is 47.8 Å². The van der Waals surface area contributed by atoms with Gasteiger partial charge in [0, 0.05) is 39.6 Å². The summed E-state index contributed by atoms with van der Waals surface area (Å²) < 4.78 is 0. The summed E-state index contributed by atoms with van der Waals surface area (Å²) in [4.78, 5) is 0. The number of nitrogens with two attached hydrogens (primary N) is 3. The van der Waals surface area contributed by atoms with Crippen molar-refractivity contribution >= 4 is 0 Å². The Morgan fingerprint density at radius 3 is 1.25 bits per heavy atom. The molecule has 6 aliphatic carbocycles. The molecule has 0 aliphatic heterocycles.